The number of hydroxylamine groups is 2. The number of rotatable bonds is 1. The van der Waals surface area contributed by atoms with Crippen molar-refractivity contribution in [1.82, 2.24) is 5.06 Å². The Kier molecular flexibility index (Phi) is 2.56. The molecule has 0 saturated carbocycles. The Hall–Kier alpha value is -0.220. The number of halogens is 2. The van der Waals surface area contributed by atoms with Gasteiger partial charge in [0, 0.05) is 0 Å². The van der Waals surface area contributed by atoms with Crippen LogP contribution in [0.2, 0.25) is 0 Å². The van der Waals surface area contributed by atoms with Crippen molar-refractivity contribution >= 4 is 0 Å². The molecule has 1 unspecified atom stereocenters. The summed E-state index contributed by atoms with van der Waals surface area (Å²) in [5, 5.41) is 11.2. The zero-order chi connectivity index (χ0) is 7.56. The van der Waals surface area contributed by atoms with Crippen LogP contribution in [0.3, 0.4) is 0 Å². The third kappa shape index (κ3) is 1.64. The summed E-state index contributed by atoms with van der Waals surface area (Å²) >= 11 is 0. The van der Waals surface area contributed by atoms with Gasteiger partial charge in [0.1, 0.15) is 0 Å². The molecule has 0 aliphatic carbocycles. The van der Waals surface area contributed by atoms with E-state index in [0.29, 0.717) is 11.5 Å². The zero-order valence-electron chi connectivity index (χ0n) is 5.59. The fourth-order valence-electron chi connectivity index (χ4n) is 1.18. The fraction of sp³-hybridized carbons (Fsp3) is 1.00. The second-order valence-corrected chi connectivity index (χ2v) is 2.54. The van der Waals surface area contributed by atoms with Crippen molar-refractivity contribution in [3.05, 3.63) is 5.21 Å². The molecule has 0 aromatic heterocycles. The first-order valence-corrected chi connectivity index (χ1v) is 3.44. The molecule has 0 N–H and O–H groups in total. The maximum atomic E-state index is 11.9. The van der Waals surface area contributed by atoms with Crippen molar-refractivity contribution in [3.63, 3.8) is 0 Å². The third-order valence-corrected chi connectivity index (χ3v) is 1.79. The maximum absolute atomic E-state index is 11.9. The predicted molar refractivity (Wildman–Crippen MR) is 33.7 cm³/mol. The van der Waals surface area contributed by atoms with E-state index < -0.39 is 12.5 Å². The van der Waals surface area contributed by atoms with Crippen LogP contribution in [-0.4, -0.2) is 24.1 Å². The summed E-state index contributed by atoms with van der Waals surface area (Å²) < 4.78 is 23.9. The summed E-state index contributed by atoms with van der Waals surface area (Å²) in [4.78, 5) is 0. The van der Waals surface area contributed by atoms with E-state index in [1.807, 2.05) is 0 Å². The monoisotopic (exact) mass is 150 g/mol. The van der Waals surface area contributed by atoms with E-state index >= 15 is 0 Å². The van der Waals surface area contributed by atoms with Crippen molar-refractivity contribution in [1.29, 1.82) is 0 Å². The molecule has 0 spiro atoms. The molecule has 1 atom stereocenters. The minimum Gasteiger partial charge on any atom is -0.785 e. The molecule has 1 aliphatic rings. The van der Waals surface area contributed by atoms with Gasteiger partial charge < -0.3 is 10.3 Å². The number of alkyl halides is 2. The lowest BCUT2D eigenvalue weighted by molar-refractivity contribution is 0.0285. The molecule has 1 rings (SSSR count). The highest BCUT2D eigenvalue weighted by molar-refractivity contribution is 4.78. The van der Waals surface area contributed by atoms with Crippen molar-refractivity contribution in [3.8, 4) is 0 Å². The second-order valence-electron chi connectivity index (χ2n) is 2.54. The van der Waals surface area contributed by atoms with Gasteiger partial charge in [-0.25, -0.2) is 8.78 Å². The van der Waals surface area contributed by atoms with Crippen LogP contribution >= 0.6 is 0 Å². The van der Waals surface area contributed by atoms with E-state index in [1.165, 1.54) is 0 Å². The average Bonchev–Trinajstić information content (AvgIpc) is 1.88. The van der Waals surface area contributed by atoms with E-state index in [-0.39, 0.29) is 6.54 Å². The van der Waals surface area contributed by atoms with E-state index in [0.717, 1.165) is 12.8 Å². The van der Waals surface area contributed by atoms with Crippen LogP contribution < -0.4 is 0 Å². The number of hydrogen-bond acceptors (Lipinski definition) is 2. The zero-order valence-corrected chi connectivity index (χ0v) is 5.59. The van der Waals surface area contributed by atoms with E-state index in [9.17, 15) is 14.0 Å². The minimum atomic E-state index is -2.47. The van der Waals surface area contributed by atoms with Gasteiger partial charge in [0.15, 0.2) is 0 Å². The third-order valence-electron chi connectivity index (χ3n) is 1.79. The lowest BCUT2D eigenvalue weighted by atomic mass is 10.1. The quantitative estimate of drug-likeness (QED) is 0.567. The second kappa shape index (κ2) is 3.25. The van der Waals surface area contributed by atoms with Crippen molar-refractivity contribution in [2.75, 3.05) is 6.54 Å². The lowest BCUT2D eigenvalue weighted by Gasteiger charge is -2.40. The van der Waals surface area contributed by atoms with Crippen LogP contribution in [0, 0.1) is 5.21 Å². The Balaban J connectivity index is 2.40. The van der Waals surface area contributed by atoms with Gasteiger partial charge in [-0.1, -0.05) is 6.42 Å². The topological polar surface area (TPSA) is 26.3 Å². The molecule has 60 valence electrons. The average molecular weight is 150 g/mol. The van der Waals surface area contributed by atoms with Gasteiger partial charge in [0.2, 0.25) is 0 Å². The Morgan fingerprint density at radius 3 is 2.50 bits per heavy atom. The van der Waals surface area contributed by atoms with Gasteiger partial charge >= 0.3 is 0 Å². The summed E-state index contributed by atoms with van der Waals surface area (Å²) in [6, 6.07) is -1.03. The van der Waals surface area contributed by atoms with Gasteiger partial charge in [-0.05, 0) is 19.4 Å². The smallest absolute Gasteiger partial charge is 0.253 e. The van der Waals surface area contributed by atoms with Crippen molar-refractivity contribution < 1.29 is 8.78 Å². The molecule has 0 aromatic carbocycles. The van der Waals surface area contributed by atoms with Crippen LogP contribution in [0.25, 0.3) is 0 Å². The first kappa shape index (κ1) is 7.88. The highest BCUT2D eigenvalue weighted by Crippen LogP contribution is 2.20. The molecule has 0 bridgehead atoms. The standard InChI is InChI=1S/C6H10F2NO/c7-6(8)5-3-1-2-4-9(5)10/h5-6H,1-4H2/q-1. The highest BCUT2D eigenvalue weighted by Gasteiger charge is 2.23. The molecule has 1 saturated heterocycles. The number of nitrogens with zero attached hydrogens (tertiary/aromatic N) is 1. The van der Waals surface area contributed by atoms with Gasteiger partial charge in [-0.15, -0.1) is 0 Å². The Bertz CT molecular complexity index is 110. The lowest BCUT2D eigenvalue weighted by Crippen LogP contribution is -2.39. The predicted octanol–water partition coefficient (Wildman–Crippen LogP) is 1.60. The normalized spacial score (nSPS) is 29.4. The van der Waals surface area contributed by atoms with Crippen LogP contribution in [0.5, 0.6) is 0 Å². The first-order valence-electron chi connectivity index (χ1n) is 3.44. The molecule has 1 fully saturated rings. The van der Waals surface area contributed by atoms with Crippen LogP contribution in [0.1, 0.15) is 19.3 Å². The molecule has 0 radical (unpaired) electrons. The molecular formula is C6H10F2NO-. The van der Waals surface area contributed by atoms with Crippen LogP contribution in [-0.2, 0) is 0 Å². The fourth-order valence-corrected chi connectivity index (χ4v) is 1.18. The van der Waals surface area contributed by atoms with Crippen molar-refractivity contribution in [2.45, 2.75) is 31.7 Å². The van der Waals surface area contributed by atoms with Gasteiger partial charge in [-0.3, -0.25) is 0 Å². The Morgan fingerprint density at radius 1 is 1.40 bits per heavy atom. The van der Waals surface area contributed by atoms with Crippen molar-refractivity contribution in [2.24, 2.45) is 0 Å². The molecule has 4 heteroatoms. The SMILES string of the molecule is [O-]N1CCCCC1C(F)F. The van der Waals surface area contributed by atoms with E-state index in [2.05, 4.69) is 0 Å². The summed E-state index contributed by atoms with van der Waals surface area (Å²) in [6.45, 7) is 0.273. The molecule has 0 aromatic rings. The largest absolute Gasteiger partial charge is 0.785 e. The molecule has 10 heavy (non-hydrogen) atoms. The summed E-state index contributed by atoms with van der Waals surface area (Å²) in [7, 11) is 0. The summed E-state index contributed by atoms with van der Waals surface area (Å²) in [5.41, 5.74) is 0. The van der Waals surface area contributed by atoms with E-state index in [1.54, 1.807) is 0 Å². The number of hydrogen-bond donors (Lipinski definition) is 0. The molecule has 0 amide bonds. The molecule has 1 aliphatic heterocycles. The first-order chi connectivity index (χ1) is 4.72. The van der Waals surface area contributed by atoms with Gasteiger partial charge in [0.25, 0.3) is 6.43 Å². The number of piperidine rings is 1. The summed E-state index contributed by atoms with van der Waals surface area (Å²) in [5.74, 6) is 0. The van der Waals surface area contributed by atoms with Gasteiger partial charge in [-0.2, -0.15) is 0 Å². The maximum Gasteiger partial charge on any atom is 0.253 e. The van der Waals surface area contributed by atoms with Crippen LogP contribution in [0.4, 0.5) is 8.78 Å². The molecule has 1 heterocycles. The highest BCUT2D eigenvalue weighted by atomic mass is 19.3. The Labute approximate surface area is 58.4 Å². The van der Waals surface area contributed by atoms with Crippen LogP contribution in [0.15, 0.2) is 0 Å². The minimum absolute atomic E-state index is 0.273. The summed E-state index contributed by atoms with van der Waals surface area (Å²) in [6.07, 6.45) is -0.612. The Morgan fingerprint density at radius 2 is 2.10 bits per heavy atom. The molecular weight excluding hydrogens is 140 g/mol. The van der Waals surface area contributed by atoms with Gasteiger partial charge in [0.05, 0.1) is 6.04 Å². The molecule has 2 nitrogen and oxygen atoms in total. The van der Waals surface area contributed by atoms with E-state index in [4.69, 9.17) is 0 Å².